The Morgan fingerprint density at radius 1 is 0.885 bits per heavy atom. The predicted molar refractivity (Wildman–Crippen MR) is 83.9 cm³/mol. The van der Waals surface area contributed by atoms with Crippen LogP contribution < -0.4 is 5.73 Å². The fraction of sp³-hybridized carbons (Fsp3) is 0.167. The monoisotopic (exact) mass is 373 g/mol. The quantitative estimate of drug-likeness (QED) is 0.605. The second-order valence-electron chi connectivity index (χ2n) is 5.46. The number of carbonyl (C=O) groups is 1. The molecule has 0 aliphatic carbocycles. The van der Waals surface area contributed by atoms with Crippen molar-refractivity contribution in [1.29, 1.82) is 0 Å². The van der Waals surface area contributed by atoms with Crippen LogP contribution in [0.25, 0.3) is 6.08 Å². The summed E-state index contributed by atoms with van der Waals surface area (Å²) in [5.41, 5.74) is 2.91. The van der Waals surface area contributed by atoms with Crippen LogP contribution in [-0.4, -0.2) is 5.78 Å². The van der Waals surface area contributed by atoms with Crippen molar-refractivity contribution in [3.63, 3.8) is 0 Å². The number of halogens is 6. The summed E-state index contributed by atoms with van der Waals surface area (Å²) < 4.78 is 76.8. The first kappa shape index (κ1) is 19.7. The van der Waals surface area contributed by atoms with E-state index in [9.17, 15) is 31.1 Å². The topological polar surface area (TPSA) is 43.1 Å². The Bertz CT molecular complexity index is 776. The number of hydrogen-bond donors (Lipinski definition) is 1. The molecule has 2 N–H and O–H groups in total. The molecule has 0 amide bonds. The van der Waals surface area contributed by atoms with E-state index in [0.29, 0.717) is 17.7 Å². The summed E-state index contributed by atoms with van der Waals surface area (Å²) in [6.07, 6.45) is -8.15. The molecule has 2 rings (SSSR count). The Morgan fingerprint density at radius 3 is 1.85 bits per heavy atom. The second-order valence-corrected chi connectivity index (χ2v) is 5.46. The first-order valence-corrected chi connectivity index (χ1v) is 7.30. The first-order valence-electron chi connectivity index (χ1n) is 7.30. The molecule has 0 aromatic heterocycles. The van der Waals surface area contributed by atoms with Crippen molar-refractivity contribution < 1.29 is 31.1 Å². The lowest BCUT2D eigenvalue weighted by atomic mass is 10.0. The van der Waals surface area contributed by atoms with Crippen LogP contribution in [-0.2, 0) is 17.1 Å². The molecule has 0 radical (unpaired) electrons. The van der Waals surface area contributed by atoms with Crippen LogP contribution >= 0.6 is 0 Å². The lowest BCUT2D eigenvalue weighted by Gasteiger charge is -2.13. The maximum absolute atomic E-state index is 12.8. The van der Waals surface area contributed by atoms with E-state index in [1.165, 1.54) is 0 Å². The van der Waals surface area contributed by atoms with Crippen molar-refractivity contribution in [2.45, 2.75) is 18.4 Å². The van der Waals surface area contributed by atoms with Crippen LogP contribution in [0.4, 0.5) is 26.3 Å². The number of nitrogens with two attached hydrogens (primary N) is 1. The summed E-state index contributed by atoms with van der Waals surface area (Å²) in [6.45, 7) is 0. The fourth-order valence-electron chi connectivity index (χ4n) is 2.18. The Morgan fingerprint density at radius 2 is 1.38 bits per heavy atom. The van der Waals surface area contributed by atoms with Gasteiger partial charge in [-0.05, 0) is 35.4 Å². The molecule has 8 heteroatoms. The largest absolute Gasteiger partial charge is 0.416 e. The molecule has 2 aromatic rings. The highest BCUT2D eigenvalue weighted by molar-refractivity contribution is 5.98. The highest BCUT2D eigenvalue weighted by Crippen LogP contribution is 2.36. The van der Waals surface area contributed by atoms with Gasteiger partial charge in [0.25, 0.3) is 0 Å². The minimum absolute atomic E-state index is 0.0227. The van der Waals surface area contributed by atoms with Crippen molar-refractivity contribution in [1.82, 2.24) is 0 Å². The van der Waals surface area contributed by atoms with Gasteiger partial charge in [0.1, 0.15) is 0 Å². The molecule has 0 saturated heterocycles. The van der Waals surface area contributed by atoms with Gasteiger partial charge in [-0.15, -0.1) is 0 Å². The minimum Gasteiger partial charge on any atom is -0.318 e. The molecule has 2 nitrogen and oxygen atoms in total. The second kappa shape index (κ2) is 7.33. The molecule has 26 heavy (non-hydrogen) atoms. The molecule has 0 spiro atoms. The Labute approximate surface area is 144 Å². The standard InChI is InChI=1S/C18H13F6NO/c19-17(20,21)13-8-11(9-14(10-13)18(22,23)24)6-7-15(26)16(25)12-4-2-1-3-5-12/h1-10,16H,25H2. The fourth-order valence-corrected chi connectivity index (χ4v) is 2.18. The zero-order chi connectivity index (χ0) is 19.5. The van der Waals surface area contributed by atoms with Crippen molar-refractivity contribution in [2.75, 3.05) is 0 Å². The maximum atomic E-state index is 12.8. The lowest BCUT2D eigenvalue weighted by Crippen LogP contribution is -2.19. The van der Waals surface area contributed by atoms with Gasteiger partial charge in [-0.2, -0.15) is 26.3 Å². The zero-order valence-electron chi connectivity index (χ0n) is 13.1. The minimum atomic E-state index is -4.95. The van der Waals surface area contributed by atoms with Gasteiger partial charge in [-0.1, -0.05) is 36.4 Å². The van der Waals surface area contributed by atoms with Crippen molar-refractivity contribution in [3.8, 4) is 0 Å². The number of benzene rings is 2. The molecule has 0 aliphatic rings. The van der Waals surface area contributed by atoms with Crippen LogP contribution in [0.15, 0.2) is 54.6 Å². The molecule has 138 valence electrons. The van der Waals surface area contributed by atoms with E-state index >= 15 is 0 Å². The molecular formula is C18H13F6NO. The molecule has 0 saturated carbocycles. The van der Waals surface area contributed by atoms with Gasteiger partial charge in [0.15, 0.2) is 5.78 Å². The van der Waals surface area contributed by atoms with Crippen LogP contribution in [0.1, 0.15) is 28.3 Å². The van der Waals surface area contributed by atoms with Gasteiger partial charge >= 0.3 is 12.4 Å². The van der Waals surface area contributed by atoms with E-state index in [1.54, 1.807) is 30.3 Å². The number of alkyl halides is 6. The summed E-state index contributed by atoms with van der Waals surface area (Å²) in [5.74, 6) is -0.651. The summed E-state index contributed by atoms with van der Waals surface area (Å²) in [5, 5.41) is 0. The lowest BCUT2D eigenvalue weighted by molar-refractivity contribution is -0.143. The third-order valence-corrected chi connectivity index (χ3v) is 3.52. The van der Waals surface area contributed by atoms with Gasteiger partial charge in [-0.3, -0.25) is 4.79 Å². The highest BCUT2D eigenvalue weighted by atomic mass is 19.4. The summed E-state index contributed by atoms with van der Waals surface area (Å²) in [7, 11) is 0. The van der Waals surface area contributed by atoms with Gasteiger partial charge in [0.2, 0.25) is 0 Å². The normalized spacial score (nSPS) is 13.8. The molecule has 0 bridgehead atoms. The molecule has 0 aliphatic heterocycles. The van der Waals surface area contributed by atoms with E-state index in [-0.39, 0.29) is 6.07 Å². The van der Waals surface area contributed by atoms with E-state index in [2.05, 4.69) is 0 Å². The Balaban J connectivity index is 2.33. The summed E-state index contributed by atoms with van der Waals surface area (Å²) in [6, 6.07) is 8.20. The molecule has 2 aromatic carbocycles. The van der Waals surface area contributed by atoms with Gasteiger partial charge < -0.3 is 5.73 Å². The van der Waals surface area contributed by atoms with Crippen LogP contribution in [0.2, 0.25) is 0 Å². The third-order valence-electron chi connectivity index (χ3n) is 3.52. The van der Waals surface area contributed by atoms with E-state index < -0.39 is 40.9 Å². The molecule has 0 heterocycles. The van der Waals surface area contributed by atoms with Crippen LogP contribution in [0.5, 0.6) is 0 Å². The number of ketones is 1. The van der Waals surface area contributed by atoms with E-state index in [4.69, 9.17) is 5.73 Å². The van der Waals surface area contributed by atoms with Crippen molar-refractivity contribution in [2.24, 2.45) is 5.73 Å². The smallest absolute Gasteiger partial charge is 0.318 e. The van der Waals surface area contributed by atoms with Gasteiger partial charge in [0.05, 0.1) is 17.2 Å². The number of rotatable bonds is 4. The van der Waals surface area contributed by atoms with Gasteiger partial charge in [-0.25, -0.2) is 0 Å². The van der Waals surface area contributed by atoms with Crippen LogP contribution in [0, 0.1) is 0 Å². The number of hydrogen-bond acceptors (Lipinski definition) is 2. The number of carbonyl (C=O) groups excluding carboxylic acids is 1. The SMILES string of the molecule is NC(C(=O)C=Cc1cc(C(F)(F)F)cc(C(F)(F)F)c1)c1ccccc1. The van der Waals surface area contributed by atoms with E-state index in [1.807, 2.05) is 0 Å². The third kappa shape index (κ3) is 4.95. The predicted octanol–water partition coefficient (Wildman–Crippen LogP) is 5.01. The average molecular weight is 373 g/mol. The average Bonchev–Trinajstić information content (AvgIpc) is 2.58. The van der Waals surface area contributed by atoms with Crippen molar-refractivity contribution >= 4 is 11.9 Å². The Kier molecular flexibility index (Phi) is 5.56. The molecule has 1 atom stereocenters. The first-order chi connectivity index (χ1) is 12.0. The van der Waals surface area contributed by atoms with Gasteiger partial charge in [0, 0.05) is 0 Å². The van der Waals surface area contributed by atoms with Crippen molar-refractivity contribution in [3.05, 3.63) is 76.9 Å². The summed E-state index contributed by atoms with van der Waals surface area (Å²) >= 11 is 0. The zero-order valence-corrected chi connectivity index (χ0v) is 13.1. The van der Waals surface area contributed by atoms with E-state index in [0.717, 1.165) is 12.2 Å². The molecule has 0 fully saturated rings. The molecular weight excluding hydrogens is 360 g/mol. The maximum Gasteiger partial charge on any atom is 0.416 e. The highest BCUT2D eigenvalue weighted by Gasteiger charge is 2.36. The summed E-state index contributed by atoms with van der Waals surface area (Å²) in [4.78, 5) is 12.0. The van der Waals surface area contributed by atoms with Crippen LogP contribution in [0.3, 0.4) is 0 Å². The Hall–Kier alpha value is -2.61. The molecule has 1 unspecified atom stereocenters.